The molecule has 3 heteroatoms. The molecule has 0 radical (unpaired) electrons. The third-order valence-electron chi connectivity index (χ3n) is 14.8. The van der Waals surface area contributed by atoms with Gasteiger partial charge < -0.3 is 9.80 Å². The number of fused-ring (bicyclic) bond motifs is 5. The van der Waals surface area contributed by atoms with Gasteiger partial charge in [-0.3, -0.25) is 0 Å². The molecular formula is C63H69BN2. The third-order valence-corrected chi connectivity index (χ3v) is 14.8. The Kier molecular flexibility index (Phi) is 10.1. The molecule has 0 amide bonds. The first-order valence-electron chi connectivity index (χ1n) is 24.5. The van der Waals surface area contributed by atoms with Crippen molar-refractivity contribution in [1.82, 2.24) is 0 Å². The first kappa shape index (κ1) is 44.1. The van der Waals surface area contributed by atoms with E-state index in [4.69, 9.17) is 0 Å². The molecule has 0 bridgehead atoms. The van der Waals surface area contributed by atoms with Crippen LogP contribution in [0.3, 0.4) is 0 Å². The van der Waals surface area contributed by atoms with Gasteiger partial charge in [0.25, 0.3) is 6.71 Å². The average Bonchev–Trinajstić information content (AvgIpc) is 3.56. The Labute approximate surface area is 397 Å². The van der Waals surface area contributed by atoms with E-state index in [0.29, 0.717) is 0 Å². The number of benzene rings is 7. The van der Waals surface area contributed by atoms with Gasteiger partial charge in [0.1, 0.15) is 0 Å². The van der Waals surface area contributed by atoms with E-state index in [9.17, 15) is 0 Å². The number of nitrogens with zero attached hydrogens (tertiary/aromatic N) is 2. The van der Waals surface area contributed by atoms with Crippen molar-refractivity contribution in [2.75, 3.05) is 9.80 Å². The molecule has 7 aromatic carbocycles. The van der Waals surface area contributed by atoms with Crippen molar-refractivity contribution in [2.24, 2.45) is 5.41 Å². The van der Waals surface area contributed by atoms with Crippen LogP contribution < -0.4 is 26.2 Å². The molecule has 0 unspecified atom stereocenters. The van der Waals surface area contributed by atoms with Crippen molar-refractivity contribution in [3.8, 4) is 22.3 Å². The van der Waals surface area contributed by atoms with Crippen LogP contribution in [0, 0.1) is 5.41 Å². The first-order chi connectivity index (χ1) is 31.0. The van der Waals surface area contributed by atoms with Gasteiger partial charge in [-0.2, -0.15) is 0 Å². The Morgan fingerprint density at radius 1 is 0.409 bits per heavy atom. The fourth-order valence-electron chi connectivity index (χ4n) is 11.1. The van der Waals surface area contributed by atoms with E-state index in [1.54, 1.807) is 0 Å². The largest absolute Gasteiger partial charge is 0.311 e. The highest BCUT2D eigenvalue weighted by atomic mass is 15.2. The molecular weight excluding hydrogens is 796 g/mol. The highest BCUT2D eigenvalue weighted by Gasteiger charge is 2.46. The van der Waals surface area contributed by atoms with Gasteiger partial charge in [0.05, 0.1) is 5.69 Å². The summed E-state index contributed by atoms with van der Waals surface area (Å²) in [5, 5.41) is 0. The monoisotopic (exact) mass is 865 g/mol. The molecule has 0 saturated heterocycles. The normalized spacial score (nSPS) is 15.3. The standard InChI is InChI=1S/C63H69BN2/c1-59(2,3)44-26-21-27-48(32-44)65-54-35-45(60(4,5)6)28-29-51(54)64-52-30-42-38-63(13,14)39-43(42)31-53(52)66(56-37-47(62(10,11)12)36-55(65)57(56)64)58-49(40-22-17-15-18-23-40)33-46(61(7,8)9)34-50(58)41-24-19-16-20-25-41/h15-37H,38-39H2,1-14H3. The summed E-state index contributed by atoms with van der Waals surface area (Å²) < 4.78 is 0. The molecule has 0 saturated carbocycles. The summed E-state index contributed by atoms with van der Waals surface area (Å²) in [4.78, 5) is 5.38. The van der Waals surface area contributed by atoms with Crippen LogP contribution in [0.4, 0.5) is 34.1 Å². The predicted octanol–water partition coefficient (Wildman–Crippen LogP) is 15.4. The van der Waals surface area contributed by atoms with Crippen molar-refractivity contribution >= 4 is 57.2 Å². The Morgan fingerprint density at radius 3 is 1.42 bits per heavy atom. The lowest BCUT2D eigenvalue weighted by Crippen LogP contribution is -2.61. The molecule has 334 valence electrons. The van der Waals surface area contributed by atoms with Crippen LogP contribution in [-0.4, -0.2) is 6.71 Å². The molecule has 0 fully saturated rings. The summed E-state index contributed by atoms with van der Waals surface area (Å²) in [7, 11) is 0. The van der Waals surface area contributed by atoms with Gasteiger partial charge in [0.15, 0.2) is 0 Å². The van der Waals surface area contributed by atoms with Crippen LogP contribution in [0.1, 0.15) is 130 Å². The molecule has 2 aliphatic heterocycles. The Bertz CT molecular complexity index is 2980. The van der Waals surface area contributed by atoms with Gasteiger partial charge in [-0.25, -0.2) is 0 Å². The van der Waals surface area contributed by atoms with Crippen LogP contribution in [0.5, 0.6) is 0 Å². The molecule has 7 aromatic rings. The van der Waals surface area contributed by atoms with Crippen LogP contribution in [0.2, 0.25) is 0 Å². The van der Waals surface area contributed by atoms with Gasteiger partial charge in [0.2, 0.25) is 0 Å². The minimum Gasteiger partial charge on any atom is -0.311 e. The van der Waals surface area contributed by atoms with Crippen molar-refractivity contribution in [1.29, 1.82) is 0 Å². The fraction of sp³-hybridized carbons (Fsp3) is 0.333. The second-order valence-corrected chi connectivity index (χ2v) is 24.7. The molecule has 3 aliphatic rings. The zero-order valence-electron chi connectivity index (χ0n) is 42.2. The van der Waals surface area contributed by atoms with Gasteiger partial charge in [-0.15, -0.1) is 0 Å². The molecule has 0 spiro atoms. The maximum absolute atomic E-state index is 2.74. The lowest BCUT2D eigenvalue weighted by molar-refractivity contribution is 0.392. The second kappa shape index (κ2) is 15.1. The van der Waals surface area contributed by atoms with Gasteiger partial charge in [-0.05, 0) is 149 Å². The Balaban J connectivity index is 1.40. The smallest absolute Gasteiger partial charge is 0.252 e. The lowest BCUT2D eigenvalue weighted by atomic mass is 9.33. The molecule has 2 nitrogen and oxygen atoms in total. The van der Waals surface area contributed by atoms with Crippen molar-refractivity contribution in [3.05, 3.63) is 173 Å². The van der Waals surface area contributed by atoms with Gasteiger partial charge in [0, 0.05) is 39.6 Å². The van der Waals surface area contributed by atoms with E-state index < -0.39 is 0 Å². The summed E-state index contributed by atoms with van der Waals surface area (Å²) in [6.07, 6.45) is 2.15. The van der Waals surface area contributed by atoms with E-state index in [-0.39, 0.29) is 33.8 Å². The Hall–Kier alpha value is -5.80. The molecule has 66 heavy (non-hydrogen) atoms. The maximum Gasteiger partial charge on any atom is 0.252 e. The number of anilines is 6. The molecule has 0 N–H and O–H groups in total. The molecule has 0 aromatic heterocycles. The second-order valence-electron chi connectivity index (χ2n) is 24.7. The predicted molar refractivity (Wildman–Crippen MR) is 287 cm³/mol. The van der Waals surface area contributed by atoms with Crippen LogP contribution >= 0.6 is 0 Å². The molecule has 1 aliphatic carbocycles. The third kappa shape index (κ3) is 7.51. The summed E-state index contributed by atoms with van der Waals surface area (Å²) >= 11 is 0. The Morgan fingerprint density at radius 2 is 0.879 bits per heavy atom. The molecule has 10 rings (SSSR count). The van der Waals surface area contributed by atoms with Crippen molar-refractivity contribution in [2.45, 2.75) is 131 Å². The highest BCUT2D eigenvalue weighted by Crippen LogP contribution is 2.53. The zero-order valence-corrected chi connectivity index (χ0v) is 42.2. The number of hydrogen-bond donors (Lipinski definition) is 0. The van der Waals surface area contributed by atoms with Crippen LogP contribution in [0.15, 0.2) is 140 Å². The quantitative estimate of drug-likeness (QED) is 0.163. The van der Waals surface area contributed by atoms with Crippen molar-refractivity contribution in [3.63, 3.8) is 0 Å². The SMILES string of the molecule is CC1(C)Cc2cc3c(cc2C1)N(c1c(-c2ccccc2)cc(C(C)(C)C)cc1-c1ccccc1)c1cc(C(C)(C)C)cc2c1B3c1ccc(C(C)(C)C)cc1N2c1cccc(C(C)(C)C)c1. The molecule has 2 heterocycles. The summed E-state index contributed by atoms with van der Waals surface area (Å²) in [6, 6.07) is 54.6. The summed E-state index contributed by atoms with van der Waals surface area (Å²) in [5.41, 5.74) is 24.9. The van der Waals surface area contributed by atoms with E-state index in [1.807, 2.05) is 0 Å². The minimum atomic E-state index is -0.137. The zero-order chi connectivity index (χ0) is 46.9. The van der Waals surface area contributed by atoms with Gasteiger partial charge in [-0.1, -0.05) is 188 Å². The summed E-state index contributed by atoms with van der Waals surface area (Å²) in [6.45, 7) is 33.2. The molecule has 0 atom stereocenters. The van der Waals surface area contributed by atoms with Crippen LogP contribution in [-0.2, 0) is 34.5 Å². The van der Waals surface area contributed by atoms with Crippen molar-refractivity contribution < 1.29 is 0 Å². The minimum absolute atomic E-state index is 0.0120. The topological polar surface area (TPSA) is 6.48 Å². The lowest BCUT2D eigenvalue weighted by Gasteiger charge is -2.46. The van der Waals surface area contributed by atoms with Gasteiger partial charge >= 0.3 is 0 Å². The number of rotatable bonds is 4. The van der Waals surface area contributed by atoms with Crippen LogP contribution in [0.25, 0.3) is 22.3 Å². The maximum atomic E-state index is 2.74. The van der Waals surface area contributed by atoms with E-state index in [0.717, 1.165) is 12.8 Å². The highest BCUT2D eigenvalue weighted by molar-refractivity contribution is 7.00. The van der Waals surface area contributed by atoms with E-state index in [2.05, 4.69) is 246 Å². The van der Waals surface area contributed by atoms with E-state index in [1.165, 1.54) is 106 Å². The number of hydrogen-bond acceptors (Lipinski definition) is 2. The average molecular weight is 865 g/mol. The van der Waals surface area contributed by atoms with E-state index >= 15 is 0 Å². The fourth-order valence-corrected chi connectivity index (χ4v) is 11.1. The summed E-state index contributed by atoms with van der Waals surface area (Å²) in [5.74, 6) is 0. The first-order valence-corrected chi connectivity index (χ1v) is 24.5.